The summed E-state index contributed by atoms with van der Waals surface area (Å²) in [5.41, 5.74) is 5.99. The topological polar surface area (TPSA) is 88.3 Å². The lowest BCUT2D eigenvalue weighted by atomic mass is 10.00. The van der Waals surface area contributed by atoms with E-state index in [1.807, 2.05) is 48.5 Å². The van der Waals surface area contributed by atoms with Gasteiger partial charge >= 0.3 is 0 Å². The Morgan fingerprint density at radius 3 is 1.03 bits per heavy atom. The summed E-state index contributed by atoms with van der Waals surface area (Å²) < 4.78 is 0. The molecule has 0 radical (unpaired) electrons. The monoisotopic (exact) mass is 651 g/mol. The zero-order valence-electron chi connectivity index (χ0n) is 17.2. The van der Waals surface area contributed by atoms with Crippen LogP contribution in [0.25, 0.3) is 0 Å². The van der Waals surface area contributed by atoms with Crippen LogP contribution >= 0.6 is 37.2 Å². The van der Waals surface area contributed by atoms with Gasteiger partial charge in [-0.05, 0) is 59.4 Å². The fraction of sp³-hybridized carbons (Fsp3) is 0.125. The van der Waals surface area contributed by atoms with Crippen molar-refractivity contribution in [2.45, 2.75) is 12.8 Å². The number of isocyanates is 3. The summed E-state index contributed by atoms with van der Waals surface area (Å²) in [5, 5.41) is 0. The normalized spacial score (nSPS) is 8.72. The molecule has 0 N–H and O–H groups in total. The summed E-state index contributed by atoms with van der Waals surface area (Å²) in [4.78, 5) is 39.5. The average Bonchev–Trinajstić information content (AvgIpc) is 2.85. The summed E-state index contributed by atoms with van der Waals surface area (Å²) in [6, 6.07) is 23.6. The lowest BCUT2D eigenvalue weighted by Crippen LogP contribution is -1.91. The van der Waals surface area contributed by atoms with E-state index >= 15 is 0 Å². The van der Waals surface area contributed by atoms with E-state index in [-0.39, 0.29) is 0 Å². The van der Waals surface area contributed by atoms with Gasteiger partial charge in [0.25, 0.3) is 0 Å². The lowest BCUT2D eigenvalue weighted by Gasteiger charge is -2.06. The van der Waals surface area contributed by atoms with Gasteiger partial charge in [0.05, 0.1) is 11.4 Å². The van der Waals surface area contributed by atoms with Crippen LogP contribution < -0.4 is 0 Å². The predicted octanol–water partition coefficient (Wildman–Crippen LogP) is 6.53. The van der Waals surface area contributed by atoms with E-state index in [1.54, 1.807) is 12.2 Å². The van der Waals surface area contributed by atoms with E-state index in [9.17, 15) is 9.59 Å². The molecule has 32 heavy (non-hydrogen) atoms. The lowest BCUT2D eigenvalue weighted by molar-refractivity contribution is 0.564. The highest BCUT2D eigenvalue weighted by Crippen LogP contribution is 2.18. The zero-order valence-corrected chi connectivity index (χ0v) is 21.5. The smallest absolute Gasteiger partial charge is 0.211 e. The van der Waals surface area contributed by atoms with Gasteiger partial charge in [-0.1, -0.05) is 48.5 Å². The molecule has 3 rings (SSSR count). The van der Waals surface area contributed by atoms with E-state index in [0.717, 1.165) is 24.0 Å². The second kappa shape index (κ2) is 16.9. The number of rotatable bonds is 6. The molecule has 0 aliphatic rings. The molecule has 0 heterocycles. The molecule has 0 saturated heterocycles. The van der Waals surface area contributed by atoms with Crippen molar-refractivity contribution in [3.8, 4) is 0 Å². The Morgan fingerprint density at radius 2 is 0.812 bits per heavy atom. The van der Waals surface area contributed by atoms with E-state index in [2.05, 4.69) is 76.5 Å². The van der Waals surface area contributed by atoms with Crippen LogP contribution in [0.3, 0.4) is 0 Å². The largest absolute Gasteiger partial charge is 0.240 e. The highest BCUT2D eigenvalue weighted by atomic mass is 128. The molecule has 0 aromatic heterocycles. The van der Waals surface area contributed by atoms with Crippen LogP contribution in [0.4, 0.5) is 11.4 Å². The van der Waals surface area contributed by atoms with Crippen molar-refractivity contribution in [3.63, 3.8) is 0 Å². The molecule has 6 nitrogen and oxygen atoms in total. The van der Waals surface area contributed by atoms with Crippen LogP contribution in [-0.2, 0) is 27.2 Å². The number of nitrogens with zero attached hydrogens (tertiary/aromatic N) is 3. The van der Waals surface area contributed by atoms with E-state index in [4.69, 9.17) is 4.79 Å². The van der Waals surface area contributed by atoms with Crippen LogP contribution in [0.1, 0.15) is 22.3 Å². The van der Waals surface area contributed by atoms with Crippen molar-refractivity contribution in [2.75, 3.05) is 7.05 Å². The van der Waals surface area contributed by atoms with E-state index < -0.39 is 0 Å². The van der Waals surface area contributed by atoms with Gasteiger partial charge in [-0.25, -0.2) is 19.4 Å². The van der Waals surface area contributed by atoms with Gasteiger partial charge in [-0.3, -0.25) is 0 Å². The third-order valence-electron chi connectivity index (χ3n) is 4.15. The standard InChI is InChI=1S/C22H16N2O2.C2H3NO.I2/c25-15-23-21-9-5-19(6-10-21)13-17-1-2-18(4-3-17)14-20-7-11-22(12-8-20)24-16-26;1-3-2-4;1-2/h1-12H,13-14H2;1H3;. The summed E-state index contributed by atoms with van der Waals surface area (Å²) in [6.07, 6.45) is 6.03. The molecule has 0 fully saturated rings. The van der Waals surface area contributed by atoms with Gasteiger partial charge in [-0.2, -0.15) is 9.98 Å². The molecule has 0 amide bonds. The molecule has 162 valence electrons. The maximum Gasteiger partial charge on any atom is 0.240 e. The van der Waals surface area contributed by atoms with Crippen molar-refractivity contribution >= 4 is 66.8 Å². The van der Waals surface area contributed by atoms with Gasteiger partial charge in [0, 0.05) is 44.3 Å². The zero-order chi connectivity index (χ0) is 23.6. The van der Waals surface area contributed by atoms with Gasteiger partial charge in [0.2, 0.25) is 18.2 Å². The highest BCUT2D eigenvalue weighted by molar-refractivity contribution is 15.0. The first kappa shape index (κ1) is 27.3. The molecule has 0 saturated carbocycles. The summed E-state index contributed by atoms with van der Waals surface area (Å²) in [5.74, 6) is 0. The van der Waals surface area contributed by atoms with Gasteiger partial charge in [0.15, 0.2) is 0 Å². The minimum absolute atomic E-state index is 0.615. The van der Waals surface area contributed by atoms with Crippen molar-refractivity contribution in [1.29, 1.82) is 0 Å². The van der Waals surface area contributed by atoms with E-state index in [1.165, 1.54) is 24.3 Å². The van der Waals surface area contributed by atoms with Crippen molar-refractivity contribution < 1.29 is 14.4 Å². The minimum atomic E-state index is 0.615. The van der Waals surface area contributed by atoms with Gasteiger partial charge in [-0.15, -0.1) is 0 Å². The maximum atomic E-state index is 10.2. The molecule has 3 aromatic rings. The summed E-state index contributed by atoms with van der Waals surface area (Å²) >= 11 is 4.24. The third kappa shape index (κ3) is 10.5. The Labute approximate surface area is 209 Å². The van der Waals surface area contributed by atoms with Crippen LogP contribution in [0.5, 0.6) is 0 Å². The van der Waals surface area contributed by atoms with Crippen LogP contribution in [-0.4, -0.2) is 25.3 Å². The quantitative estimate of drug-likeness (QED) is 0.173. The minimum Gasteiger partial charge on any atom is -0.211 e. The van der Waals surface area contributed by atoms with Gasteiger partial charge < -0.3 is 0 Å². The first-order valence-corrected chi connectivity index (χ1v) is 15.5. The Morgan fingerprint density at radius 1 is 0.562 bits per heavy atom. The molecular formula is C24H19I2N3O3. The number of halogens is 2. The summed E-state index contributed by atoms with van der Waals surface area (Å²) in [6.45, 7) is 0. The molecule has 3 aromatic carbocycles. The second-order valence-corrected chi connectivity index (χ2v) is 6.22. The Hall–Kier alpha value is -2.74. The number of carbonyl (C=O) groups excluding carboxylic acids is 3. The Bertz CT molecular complexity index is 1010. The highest BCUT2D eigenvalue weighted by Gasteiger charge is 2.00. The fourth-order valence-electron chi connectivity index (χ4n) is 2.73. The molecule has 0 aliphatic carbocycles. The van der Waals surface area contributed by atoms with Crippen LogP contribution in [0.2, 0.25) is 0 Å². The van der Waals surface area contributed by atoms with Crippen LogP contribution in [0, 0.1) is 0 Å². The summed E-state index contributed by atoms with van der Waals surface area (Å²) in [7, 11) is 1.38. The number of aliphatic imine (C=N–C) groups is 3. The molecule has 0 spiro atoms. The molecule has 8 heteroatoms. The maximum absolute atomic E-state index is 10.2. The molecule has 0 aliphatic heterocycles. The number of benzene rings is 3. The molecular weight excluding hydrogens is 632 g/mol. The van der Waals surface area contributed by atoms with E-state index in [0.29, 0.717) is 11.4 Å². The SMILES string of the molecule is CN=C=O.II.O=C=Nc1ccc(Cc2ccc(Cc3ccc(N=C=O)cc3)cc2)cc1. The first-order chi connectivity index (χ1) is 15.7. The predicted molar refractivity (Wildman–Crippen MR) is 143 cm³/mol. The Kier molecular flexibility index (Phi) is 14.4. The number of hydrogen-bond donors (Lipinski definition) is 0. The van der Waals surface area contributed by atoms with Crippen molar-refractivity contribution in [1.82, 2.24) is 0 Å². The molecule has 0 bridgehead atoms. The molecule has 0 unspecified atom stereocenters. The first-order valence-electron chi connectivity index (χ1n) is 9.20. The molecule has 0 atom stereocenters. The van der Waals surface area contributed by atoms with Gasteiger partial charge in [0.1, 0.15) is 0 Å². The van der Waals surface area contributed by atoms with Crippen molar-refractivity contribution in [3.05, 3.63) is 95.1 Å². The average molecular weight is 651 g/mol. The number of hydrogen-bond acceptors (Lipinski definition) is 6. The fourth-order valence-corrected chi connectivity index (χ4v) is 2.73. The van der Waals surface area contributed by atoms with Crippen LogP contribution in [0.15, 0.2) is 87.8 Å². The Balaban J connectivity index is 0.000000769. The second-order valence-electron chi connectivity index (χ2n) is 6.22. The third-order valence-corrected chi connectivity index (χ3v) is 4.15. The van der Waals surface area contributed by atoms with Crippen molar-refractivity contribution in [2.24, 2.45) is 15.0 Å².